The molecule has 46 heavy (non-hydrogen) atoms. The Hall–Kier alpha value is -4.32. The number of carbonyl (C=O) groups excluding carboxylic acids is 1. The third kappa shape index (κ3) is 8.09. The number of nitrogens with zero attached hydrogens (tertiary/aromatic N) is 5. The summed E-state index contributed by atoms with van der Waals surface area (Å²) in [4.78, 5) is 24.1. The molecule has 3 aromatic carbocycles. The number of nitrogens with one attached hydrogen (secondary N) is 1. The molecule has 1 aliphatic heterocycles. The van der Waals surface area contributed by atoms with Gasteiger partial charge in [0.05, 0.1) is 5.69 Å². The zero-order valence-corrected chi connectivity index (χ0v) is 27.2. The van der Waals surface area contributed by atoms with Crippen molar-refractivity contribution in [1.29, 1.82) is 0 Å². The number of carbonyl (C=O) groups is 1. The van der Waals surface area contributed by atoms with E-state index in [0.717, 1.165) is 34.2 Å². The molecule has 0 saturated carbocycles. The molecule has 1 aromatic heterocycles. The first kappa shape index (κ1) is 33.1. The highest BCUT2D eigenvalue weighted by atomic mass is 32.2. The molecular weight excluding hydrogens is 613 g/mol. The Morgan fingerprint density at radius 2 is 1.80 bits per heavy atom. The Bertz CT molecular complexity index is 1690. The minimum atomic E-state index is -4.75. The fourth-order valence-electron chi connectivity index (χ4n) is 5.25. The van der Waals surface area contributed by atoms with Gasteiger partial charge in [-0.3, -0.25) is 0 Å². The Kier molecular flexibility index (Phi) is 10.0. The van der Waals surface area contributed by atoms with E-state index in [-0.39, 0.29) is 23.7 Å². The molecule has 2 amide bonds. The minimum absolute atomic E-state index is 0.0273. The van der Waals surface area contributed by atoms with E-state index in [1.54, 1.807) is 11.8 Å². The van der Waals surface area contributed by atoms with E-state index in [1.807, 2.05) is 31.2 Å². The second kappa shape index (κ2) is 14.0. The fraction of sp³-hybridized carbons (Fsp3) is 0.353. The van der Waals surface area contributed by atoms with Gasteiger partial charge < -0.3 is 15.0 Å². The number of anilines is 1. The van der Waals surface area contributed by atoms with Gasteiger partial charge in [-0.15, -0.1) is 18.3 Å². The maximum atomic E-state index is 13.0. The summed E-state index contributed by atoms with van der Waals surface area (Å²) in [6.07, 6.45) is -2.24. The molecule has 0 radical (unpaired) electrons. The second-order valence-corrected chi connectivity index (χ2v) is 12.8. The van der Waals surface area contributed by atoms with Gasteiger partial charge in [-0.25, -0.2) is 14.5 Å². The average Bonchev–Trinajstić information content (AvgIpc) is 3.50. The molecule has 8 nitrogen and oxygen atoms in total. The van der Waals surface area contributed by atoms with Gasteiger partial charge in [0.15, 0.2) is 11.0 Å². The van der Waals surface area contributed by atoms with Crippen LogP contribution in [0.2, 0.25) is 0 Å². The number of alkyl halides is 3. The number of aliphatic imine (C=N–C) groups is 1. The molecule has 2 atom stereocenters. The average molecular weight is 651 g/mol. The molecule has 1 fully saturated rings. The van der Waals surface area contributed by atoms with Gasteiger partial charge in [-0.2, -0.15) is 4.99 Å². The smallest absolute Gasteiger partial charge is 0.406 e. The van der Waals surface area contributed by atoms with Crippen LogP contribution in [0.1, 0.15) is 62.6 Å². The van der Waals surface area contributed by atoms with Gasteiger partial charge in [0, 0.05) is 29.6 Å². The predicted molar refractivity (Wildman–Crippen MR) is 177 cm³/mol. The van der Waals surface area contributed by atoms with Gasteiger partial charge in [0.2, 0.25) is 0 Å². The van der Waals surface area contributed by atoms with Gasteiger partial charge >= 0.3 is 12.4 Å². The molecule has 2 heterocycles. The number of aromatic nitrogens is 3. The van der Waals surface area contributed by atoms with Gasteiger partial charge in [-0.1, -0.05) is 68.9 Å². The fourth-order valence-corrected chi connectivity index (χ4v) is 6.46. The summed E-state index contributed by atoms with van der Waals surface area (Å²) in [7, 11) is 0. The maximum absolute atomic E-state index is 13.0. The van der Waals surface area contributed by atoms with Crippen LogP contribution in [0.5, 0.6) is 5.75 Å². The molecule has 12 heteroatoms. The van der Waals surface area contributed by atoms with Crippen molar-refractivity contribution >= 4 is 28.6 Å². The van der Waals surface area contributed by atoms with Crippen LogP contribution in [0.15, 0.2) is 78.0 Å². The minimum Gasteiger partial charge on any atom is -0.406 e. The van der Waals surface area contributed by atoms with Crippen molar-refractivity contribution in [2.24, 2.45) is 4.99 Å². The molecule has 1 N–H and O–H groups in total. The number of benzene rings is 3. The van der Waals surface area contributed by atoms with Crippen LogP contribution < -0.4 is 15.0 Å². The summed E-state index contributed by atoms with van der Waals surface area (Å²) >= 11 is 1.61. The number of aryl methyl sites for hydroxylation is 1. The molecular formula is C34H37F3N6O2S. The van der Waals surface area contributed by atoms with Crippen LogP contribution in [0.3, 0.4) is 0 Å². The highest BCUT2D eigenvalue weighted by Crippen LogP contribution is 2.35. The lowest BCUT2D eigenvalue weighted by Crippen LogP contribution is -2.43. The molecule has 4 aromatic rings. The predicted octanol–water partition coefficient (Wildman–Crippen LogP) is 8.47. The van der Waals surface area contributed by atoms with E-state index in [4.69, 9.17) is 0 Å². The number of halogens is 3. The third-order valence-electron chi connectivity index (χ3n) is 7.80. The standard InChI is InChI=1S/C34H37F3N6O2S/c1-21(2)29-15-6-22(3)18-30(29)43-24(5)16-17-46-33(43)40-32(44)38-19-23(4)25-7-9-26(10-8-25)31-39-20-42(41-31)27-11-13-28(14-12-27)45-34(35,36)37/h6-15,18,20-21,23-24H,16-17,19H2,1-5H3,(H,38,44)/b40-33-. The largest absolute Gasteiger partial charge is 0.573 e. The molecule has 2 unspecified atom stereocenters. The number of hydrogen-bond donors (Lipinski definition) is 1. The molecule has 5 rings (SSSR count). The number of rotatable bonds is 8. The molecule has 0 spiro atoms. The lowest BCUT2D eigenvalue weighted by Gasteiger charge is -2.37. The number of thioether (sulfide) groups is 1. The SMILES string of the molecule is Cc1ccc(C(C)C)c(N2/C(=N/C(=O)NCC(C)c3ccc(-c4ncn(-c5ccc(OC(F)(F)F)cc5)n4)cc3)SCCC2C)c1. The summed E-state index contributed by atoms with van der Waals surface area (Å²) in [5.41, 5.74) is 5.87. The van der Waals surface area contributed by atoms with E-state index < -0.39 is 6.36 Å². The molecule has 0 bridgehead atoms. The van der Waals surface area contributed by atoms with Crippen molar-refractivity contribution in [3.63, 3.8) is 0 Å². The normalized spacial score (nSPS) is 16.9. The highest BCUT2D eigenvalue weighted by Gasteiger charge is 2.31. The lowest BCUT2D eigenvalue weighted by molar-refractivity contribution is -0.274. The van der Waals surface area contributed by atoms with Crippen LogP contribution >= 0.6 is 11.8 Å². The number of ether oxygens (including phenoxy) is 1. The Labute approximate surface area is 271 Å². The third-order valence-corrected chi connectivity index (χ3v) is 8.79. The summed E-state index contributed by atoms with van der Waals surface area (Å²) in [5, 5.41) is 8.17. The topological polar surface area (TPSA) is 84.6 Å². The first-order chi connectivity index (χ1) is 21.9. The number of urea groups is 1. The van der Waals surface area contributed by atoms with Crippen molar-refractivity contribution in [2.45, 2.75) is 65.3 Å². The monoisotopic (exact) mass is 650 g/mol. The number of amidine groups is 1. The Morgan fingerprint density at radius 3 is 2.48 bits per heavy atom. The van der Waals surface area contributed by atoms with Crippen LogP contribution in [0.4, 0.5) is 23.7 Å². The summed E-state index contributed by atoms with van der Waals surface area (Å²) in [6.45, 7) is 11.1. The van der Waals surface area contributed by atoms with Gasteiger partial charge in [-0.05, 0) is 79.1 Å². The van der Waals surface area contributed by atoms with E-state index in [1.165, 1.54) is 46.4 Å². The van der Waals surface area contributed by atoms with E-state index in [2.05, 4.69) is 75.9 Å². The van der Waals surface area contributed by atoms with Crippen molar-refractivity contribution in [1.82, 2.24) is 20.1 Å². The summed E-state index contributed by atoms with van der Waals surface area (Å²) < 4.78 is 42.7. The zero-order valence-electron chi connectivity index (χ0n) is 26.4. The van der Waals surface area contributed by atoms with Gasteiger partial charge in [0.1, 0.15) is 12.1 Å². The van der Waals surface area contributed by atoms with Crippen LogP contribution in [0.25, 0.3) is 17.1 Å². The highest BCUT2D eigenvalue weighted by molar-refractivity contribution is 8.14. The first-order valence-corrected chi connectivity index (χ1v) is 16.1. The Balaban J connectivity index is 1.22. The van der Waals surface area contributed by atoms with Crippen LogP contribution in [0, 0.1) is 6.92 Å². The Morgan fingerprint density at radius 1 is 1.09 bits per heavy atom. The van der Waals surface area contributed by atoms with Crippen molar-refractivity contribution < 1.29 is 22.7 Å². The summed E-state index contributed by atoms with van der Waals surface area (Å²) in [6, 6.07) is 19.5. The van der Waals surface area contributed by atoms with Crippen molar-refractivity contribution in [3.8, 4) is 22.8 Å². The first-order valence-electron chi connectivity index (χ1n) is 15.1. The van der Waals surface area contributed by atoms with Crippen LogP contribution in [-0.2, 0) is 0 Å². The zero-order chi connectivity index (χ0) is 33.0. The number of hydrogen-bond acceptors (Lipinski definition) is 5. The molecule has 0 aliphatic carbocycles. The van der Waals surface area contributed by atoms with Crippen LogP contribution in [-0.4, -0.2) is 50.7 Å². The molecule has 1 saturated heterocycles. The van der Waals surface area contributed by atoms with Crippen molar-refractivity contribution in [3.05, 3.63) is 89.7 Å². The van der Waals surface area contributed by atoms with Crippen molar-refractivity contribution in [2.75, 3.05) is 17.2 Å². The van der Waals surface area contributed by atoms with E-state index in [0.29, 0.717) is 24.0 Å². The molecule has 1 aliphatic rings. The lowest BCUT2D eigenvalue weighted by atomic mass is 9.98. The van der Waals surface area contributed by atoms with E-state index in [9.17, 15) is 18.0 Å². The van der Waals surface area contributed by atoms with E-state index >= 15 is 0 Å². The summed E-state index contributed by atoms with van der Waals surface area (Å²) in [5.74, 6) is 1.44. The number of amides is 2. The quantitative estimate of drug-likeness (QED) is 0.206. The van der Waals surface area contributed by atoms with Gasteiger partial charge in [0.25, 0.3) is 0 Å². The maximum Gasteiger partial charge on any atom is 0.573 e. The second-order valence-electron chi connectivity index (χ2n) is 11.7. The molecule has 242 valence electrons.